The molecule has 0 saturated carbocycles. The number of aliphatic imine (C=N–C) groups is 1. The summed E-state index contributed by atoms with van der Waals surface area (Å²) in [7, 11) is 0. The van der Waals surface area contributed by atoms with Crippen LogP contribution in [0.2, 0.25) is 0 Å². The second kappa shape index (κ2) is 11.1. The molecule has 0 saturated heterocycles. The molecule has 0 heterocycles. The van der Waals surface area contributed by atoms with Crippen LogP contribution in [0.4, 0.5) is 5.69 Å². The van der Waals surface area contributed by atoms with Gasteiger partial charge in [0.15, 0.2) is 5.78 Å². The van der Waals surface area contributed by atoms with Crippen LogP contribution in [0.5, 0.6) is 5.75 Å². The lowest BCUT2D eigenvalue weighted by Gasteiger charge is -2.06. The molecule has 1 aliphatic carbocycles. The quantitative estimate of drug-likeness (QED) is 0.135. The van der Waals surface area contributed by atoms with Gasteiger partial charge in [-0.2, -0.15) is 0 Å². The van der Waals surface area contributed by atoms with Crippen molar-refractivity contribution < 1.29 is 9.53 Å². The third-order valence-electron chi connectivity index (χ3n) is 6.28. The molecular weight excluding hydrogens is 406 g/mol. The normalized spacial score (nSPS) is 12.1. The third kappa shape index (κ3) is 5.98. The van der Waals surface area contributed by atoms with Crippen molar-refractivity contribution in [1.29, 1.82) is 0 Å². The van der Waals surface area contributed by atoms with Crippen molar-refractivity contribution in [3.63, 3.8) is 0 Å². The fourth-order valence-electron chi connectivity index (χ4n) is 4.37. The predicted octanol–water partition coefficient (Wildman–Crippen LogP) is 7.95. The smallest absolute Gasteiger partial charge is 0.159 e. The van der Waals surface area contributed by atoms with E-state index in [0.717, 1.165) is 42.0 Å². The first-order chi connectivity index (χ1) is 16.1. The minimum atomic E-state index is 0.109. The number of ketones is 1. The summed E-state index contributed by atoms with van der Waals surface area (Å²) in [5, 5.41) is 0. The molecule has 0 unspecified atom stereocenters. The van der Waals surface area contributed by atoms with E-state index in [1.165, 1.54) is 54.4 Å². The van der Waals surface area contributed by atoms with E-state index in [2.05, 4.69) is 36.2 Å². The van der Waals surface area contributed by atoms with Crippen LogP contribution in [0.25, 0.3) is 11.1 Å². The van der Waals surface area contributed by atoms with E-state index in [9.17, 15) is 4.79 Å². The molecule has 0 bridgehead atoms. The Kier molecular flexibility index (Phi) is 7.72. The highest BCUT2D eigenvalue weighted by Crippen LogP contribution is 2.38. The summed E-state index contributed by atoms with van der Waals surface area (Å²) in [5.41, 5.74) is 7.72. The molecule has 3 heteroatoms. The number of benzene rings is 3. The Labute approximate surface area is 197 Å². The van der Waals surface area contributed by atoms with E-state index in [0.29, 0.717) is 0 Å². The van der Waals surface area contributed by atoms with Gasteiger partial charge < -0.3 is 4.74 Å². The third-order valence-corrected chi connectivity index (χ3v) is 6.28. The monoisotopic (exact) mass is 439 g/mol. The van der Waals surface area contributed by atoms with Crippen LogP contribution in [0, 0.1) is 0 Å². The minimum absolute atomic E-state index is 0.109. The molecule has 0 N–H and O–H groups in total. The topological polar surface area (TPSA) is 38.7 Å². The average molecular weight is 440 g/mol. The van der Waals surface area contributed by atoms with E-state index in [1.54, 1.807) is 6.92 Å². The summed E-state index contributed by atoms with van der Waals surface area (Å²) in [6.45, 7) is 4.64. The molecule has 4 rings (SSSR count). The number of rotatable bonds is 11. The first kappa shape index (κ1) is 23.0. The number of carbonyl (C=O) groups is 1. The second-order valence-corrected chi connectivity index (χ2v) is 8.89. The summed E-state index contributed by atoms with van der Waals surface area (Å²) in [5.74, 6) is 1.03. The van der Waals surface area contributed by atoms with E-state index in [-0.39, 0.29) is 5.78 Å². The van der Waals surface area contributed by atoms with Gasteiger partial charge in [0.05, 0.1) is 12.3 Å². The Balaban J connectivity index is 1.31. The van der Waals surface area contributed by atoms with Gasteiger partial charge >= 0.3 is 0 Å². The fourth-order valence-corrected chi connectivity index (χ4v) is 4.37. The number of hydrogen-bond donors (Lipinski definition) is 0. The first-order valence-corrected chi connectivity index (χ1v) is 12.2. The van der Waals surface area contributed by atoms with Crippen molar-refractivity contribution >= 4 is 17.7 Å². The summed E-state index contributed by atoms with van der Waals surface area (Å²) in [4.78, 5) is 16.4. The maximum atomic E-state index is 11.7. The maximum Gasteiger partial charge on any atom is 0.159 e. The van der Waals surface area contributed by atoms with Crippen molar-refractivity contribution in [2.75, 3.05) is 6.61 Å². The lowest BCUT2D eigenvalue weighted by Crippen LogP contribution is -1.97. The maximum absolute atomic E-state index is 11.7. The highest BCUT2D eigenvalue weighted by Gasteiger charge is 2.19. The molecule has 0 radical (unpaired) electrons. The van der Waals surface area contributed by atoms with Crippen molar-refractivity contribution in [2.45, 2.75) is 58.8 Å². The number of carbonyl (C=O) groups excluding carboxylic acids is 1. The van der Waals surface area contributed by atoms with Crippen LogP contribution in [-0.4, -0.2) is 18.6 Å². The zero-order valence-electron chi connectivity index (χ0n) is 19.8. The number of unbranched alkanes of at least 4 members (excludes halogenated alkanes) is 5. The predicted molar refractivity (Wildman–Crippen MR) is 137 cm³/mol. The van der Waals surface area contributed by atoms with Crippen LogP contribution in [0.15, 0.2) is 65.7 Å². The Morgan fingerprint density at radius 3 is 2.33 bits per heavy atom. The van der Waals surface area contributed by atoms with Crippen LogP contribution >= 0.6 is 0 Å². The van der Waals surface area contributed by atoms with Gasteiger partial charge in [-0.05, 0) is 90.0 Å². The van der Waals surface area contributed by atoms with Gasteiger partial charge in [0.25, 0.3) is 0 Å². The Morgan fingerprint density at radius 1 is 0.879 bits per heavy atom. The van der Waals surface area contributed by atoms with Gasteiger partial charge in [0.2, 0.25) is 0 Å². The number of nitrogens with zero attached hydrogens (tertiary/aromatic N) is 1. The van der Waals surface area contributed by atoms with Gasteiger partial charge in [-0.15, -0.1) is 0 Å². The summed E-state index contributed by atoms with van der Waals surface area (Å²) >= 11 is 0. The lowest BCUT2D eigenvalue weighted by atomic mass is 10.0. The largest absolute Gasteiger partial charge is 0.494 e. The number of hydrogen-bond acceptors (Lipinski definition) is 3. The van der Waals surface area contributed by atoms with Gasteiger partial charge in [-0.25, -0.2) is 0 Å². The molecule has 3 nitrogen and oxygen atoms in total. The standard InChI is InChI=1S/C30H33NO2/c1-3-4-5-6-7-8-17-33-28-13-9-23(10-14-28)21-31-27-12-16-30-26(20-27)19-25-18-24(22(2)32)11-15-29(25)30/h9-16,18,20-21H,3-8,17,19H2,1-2H3. The summed E-state index contributed by atoms with van der Waals surface area (Å²) < 4.78 is 5.87. The molecule has 170 valence electrons. The summed E-state index contributed by atoms with van der Waals surface area (Å²) in [6.07, 6.45) is 10.4. The van der Waals surface area contributed by atoms with E-state index >= 15 is 0 Å². The molecule has 0 fully saturated rings. The van der Waals surface area contributed by atoms with E-state index in [1.807, 2.05) is 42.6 Å². The SMILES string of the molecule is CCCCCCCCOc1ccc(C=Nc2ccc3c(c2)Cc2cc(C(C)=O)ccc2-3)cc1. The zero-order chi connectivity index (χ0) is 23.0. The minimum Gasteiger partial charge on any atom is -0.494 e. The molecular formula is C30H33NO2. The van der Waals surface area contributed by atoms with Crippen molar-refractivity contribution in [3.8, 4) is 16.9 Å². The lowest BCUT2D eigenvalue weighted by molar-refractivity contribution is 0.101. The van der Waals surface area contributed by atoms with Gasteiger partial charge in [-0.1, -0.05) is 57.2 Å². The number of Topliss-reactive ketones (excluding diaryl/α,β-unsaturated/α-hetero) is 1. The molecule has 0 aliphatic heterocycles. The first-order valence-electron chi connectivity index (χ1n) is 12.2. The second-order valence-electron chi connectivity index (χ2n) is 8.89. The molecule has 3 aromatic carbocycles. The van der Waals surface area contributed by atoms with Crippen LogP contribution in [0.1, 0.15) is 79.4 Å². The van der Waals surface area contributed by atoms with Gasteiger partial charge in [0, 0.05) is 11.8 Å². The molecule has 0 amide bonds. The highest BCUT2D eigenvalue weighted by molar-refractivity contribution is 5.95. The van der Waals surface area contributed by atoms with E-state index < -0.39 is 0 Å². The highest BCUT2D eigenvalue weighted by atomic mass is 16.5. The number of fused-ring (bicyclic) bond motifs is 3. The Morgan fingerprint density at radius 2 is 1.58 bits per heavy atom. The molecule has 33 heavy (non-hydrogen) atoms. The Hall–Kier alpha value is -3.20. The van der Waals surface area contributed by atoms with Crippen LogP contribution in [-0.2, 0) is 6.42 Å². The van der Waals surface area contributed by atoms with Gasteiger partial charge in [0.1, 0.15) is 5.75 Å². The molecule has 0 atom stereocenters. The van der Waals surface area contributed by atoms with Crippen LogP contribution < -0.4 is 4.74 Å². The molecule has 3 aromatic rings. The average Bonchev–Trinajstić information content (AvgIpc) is 3.20. The number of ether oxygens (including phenoxy) is 1. The van der Waals surface area contributed by atoms with Crippen molar-refractivity contribution in [3.05, 3.63) is 82.9 Å². The van der Waals surface area contributed by atoms with Crippen molar-refractivity contribution in [2.24, 2.45) is 4.99 Å². The zero-order valence-corrected chi connectivity index (χ0v) is 19.8. The van der Waals surface area contributed by atoms with Crippen molar-refractivity contribution in [1.82, 2.24) is 0 Å². The fraction of sp³-hybridized carbons (Fsp3) is 0.333. The van der Waals surface area contributed by atoms with E-state index in [4.69, 9.17) is 4.74 Å². The Bertz CT molecular complexity index is 1130. The molecule has 0 aromatic heterocycles. The molecule has 1 aliphatic rings. The van der Waals surface area contributed by atoms with Crippen LogP contribution in [0.3, 0.4) is 0 Å². The molecule has 0 spiro atoms. The summed E-state index contributed by atoms with van der Waals surface area (Å²) in [6, 6.07) is 20.5. The van der Waals surface area contributed by atoms with Gasteiger partial charge in [-0.3, -0.25) is 9.79 Å².